The molecular weight excluding hydrogens is 274 g/mol. The Balaban J connectivity index is 1.54. The van der Waals surface area contributed by atoms with Crippen LogP contribution in [0.5, 0.6) is 0 Å². The summed E-state index contributed by atoms with van der Waals surface area (Å²) in [6, 6.07) is 8.84. The smallest absolute Gasteiger partial charge is 0.126 e. The van der Waals surface area contributed by atoms with E-state index in [9.17, 15) is 0 Å². The number of hydrogen-bond acceptors (Lipinski definition) is 3. The second-order valence-corrected chi connectivity index (χ2v) is 6.58. The molecule has 2 fully saturated rings. The number of H-pyrrole nitrogens is 1. The van der Waals surface area contributed by atoms with Crippen LogP contribution in [0.3, 0.4) is 0 Å². The Bertz CT molecular complexity index is 630. The van der Waals surface area contributed by atoms with Crippen molar-refractivity contribution in [2.24, 2.45) is 5.92 Å². The first kappa shape index (κ1) is 14.0. The van der Waals surface area contributed by atoms with Crippen molar-refractivity contribution in [1.82, 2.24) is 14.9 Å². The molecule has 2 aromatic rings. The zero-order valence-electron chi connectivity index (χ0n) is 13.1. The molecule has 4 nitrogen and oxygen atoms in total. The summed E-state index contributed by atoms with van der Waals surface area (Å²) < 4.78 is 5.70. The van der Waals surface area contributed by atoms with Crippen LogP contribution in [-0.4, -0.2) is 41.2 Å². The zero-order valence-corrected chi connectivity index (χ0v) is 13.1. The fourth-order valence-electron chi connectivity index (χ4n) is 3.13. The van der Waals surface area contributed by atoms with Gasteiger partial charge in [-0.05, 0) is 31.2 Å². The number of nitrogens with zero attached hydrogens (tertiary/aromatic N) is 2. The highest BCUT2D eigenvalue weighted by atomic mass is 16.5. The van der Waals surface area contributed by atoms with Gasteiger partial charge in [0, 0.05) is 13.1 Å². The van der Waals surface area contributed by atoms with Crippen LogP contribution >= 0.6 is 0 Å². The number of hydrogen-bond donors (Lipinski definition) is 1. The predicted octanol–water partition coefficient (Wildman–Crippen LogP) is 3.17. The Labute approximate surface area is 131 Å². The molecule has 116 valence electrons. The quantitative estimate of drug-likeness (QED) is 0.942. The fourth-order valence-corrected chi connectivity index (χ4v) is 3.13. The highest BCUT2D eigenvalue weighted by molar-refractivity contribution is 5.58. The maximum absolute atomic E-state index is 5.70. The lowest BCUT2D eigenvalue weighted by Crippen LogP contribution is -2.41. The molecule has 0 unspecified atom stereocenters. The van der Waals surface area contributed by atoms with Gasteiger partial charge in [0.1, 0.15) is 5.82 Å². The number of aryl methyl sites for hydroxylation is 1. The van der Waals surface area contributed by atoms with Gasteiger partial charge in [-0.25, -0.2) is 4.98 Å². The number of aromatic amines is 1. The van der Waals surface area contributed by atoms with Crippen molar-refractivity contribution in [1.29, 1.82) is 0 Å². The van der Waals surface area contributed by atoms with Gasteiger partial charge in [-0.1, -0.05) is 29.8 Å². The van der Waals surface area contributed by atoms with Crippen LogP contribution in [-0.2, 0) is 4.74 Å². The number of ether oxygens (including phenoxy) is 1. The largest absolute Gasteiger partial charge is 0.378 e. The van der Waals surface area contributed by atoms with Gasteiger partial charge < -0.3 is 9.72 Å². The summed E-state index contributed by atoms with van der Waals surface area (Å²) in [5, 5.41) is 0. The van der Waals surface area contributed by atoms with Crippen molar-refractivity contribution in [3.05, 3.63) is 41.9 Å². The van der Waals surface area contributed by atoms with Crippen LogP contribution in [0, 0.1) is 12.8 Å². The highest BCUT2D eigenvalue weighted by Crippen LogP contribution is 2.33. The molecule has 0 bridgehead atoms. The molecule has 0 spiro atoms. The third-order valence-electron chi connectivity index (χ3n) is 4.70. The lowest BCUT2D eigenvalue weighted by molar-refractivity contribution is -0.0134. The summed E-state index contributed by atoms with van der Waals surface area (Å²) in [6.07, 6.45) is 4.72. The minimum atomic E-state index is 0.272. The third kappa shape index (κ3) is 2.94. The normalized spacial score (nSPS) is 22.9. The highest BCUT2D eigenvalue weighted by Gasteiger charge is 2.32. The minimum Gasteiger partial charge on any atom is -0.378 e. The van der Waals surface area contributed by atoms with E-state index in [0.29, 0.717) is 0 Å². The molecule has 1 aliphatic carbocycles. The molecule has 0 amide bonds. The third-order valence-corrected chi connectivity index (χ3v) is 4.70. The van der Waals surface area contributed by atoms with Gasteiger partial charge in [0.15, 0.2) is 0 Å². The number of benzene rings is 1. The van der Waals surface area contributed by atoms with Gasteiger partial charge in [-0.15, -0.1) is 0 Å². The molecule has 2 heterocycles. The van der Waals surface area contributed by atoms with Gasteiger partial charge in [0.05, 0.1) is 31.1 Å². The van der Waals surface area contributed by atoms with Gasteiger partial charge >= 0.3 is 0 Å². The van der Waals surface area contributed by atoms with Gasteiger partial charge in [0.2, 0.25) is 0 Å². The monoisotopic (exact) mass is 297 g/mol. The summed E-state index contributed by atoms with van der Waals surface area (Å²) in [7, 11) is 0. The first-order chi connectivity index (χ1) is 10.8. The Hall–Kier alpha value is -1.65. The van der Waals surface area contributed by atoms with E-state index < -0.39 is 0 Å². The molecule has 4 heteroatoms. The van der Waals surface area contributed by atoms with E-state index in [0.717, 1.165) is 37.2 Å². The van der Waals surface area contributed by atoms with Gasteiger partial charge in [0.25, 0.3) is 0 Å². The number of imidazole rings is 1. The van der Waals surface area contributed by atoms with Crippen LogP contribution in [0.4, 0.5) is 0 Å². The van der Waals surface area contributed by atoms with Crippen LogP contribution in [0.2, 0.25) is 0 Å². The predicted molar refractivity (Wildman–Crippen MR) is 86.6 cm³/mol. The van der Waals surface area contributed by atoms with Crippen LogP contribution in [0.15, 0.2) is 30.5 Å². The van der Waals surface area contributed by atoms with Crippen LogP contribution < -0.4 is 0 Å². The molecule has 1 saturated carbocycles. The Kier molecular flexibility index (Phi) is 3.72. The summed E-state index contributed by atoms with van der Waals surface area (Å²) in [5.74, 6) is 1.93. The number of rotatable bonds is 4. The molecule has 1 aromatic carbocycles. The average Bonchev–Trinajstić information content (AvgIpc) is 3.22. The first-order valence-corrected chi connectivity index (χ1v) is 8.23. The van der Waals surface area contributed by atoms with E-state index in [1.807, 2.05) is 6.20 Å². The summed E-state index contributed by atoms with van der Waals surface area (Å²) in [6.45, 7) is 5.90. The second-order valence-electron chi connectivity index (χ2n) is 6.58. The Morgan fingerprint density at radius 1 is 1.27 bits per heavy atom. The summed E-state index contributed by atoms with van der Waals surface area (Å²) >= 11 is 0. The van der Waals surface area contributed by atoms with E-state index in [-0.39, 0.29) is 6.04 Å². The van der Waals surface area contributed by atoms with Crippen molar-refractivity contribution < 1.29 is 4.74 Å². The van der Waals surface area contributed by atoms with E-state index in [1.54, 1.807) is 0 Å². The van der Waals surface area contributed by atoms with E-state index in [1.165, 1.54) is 30.5 Å². The van der Waals surface area contributed by atoms with Crippen molar-refractivity contribution in [2.75, 3.05) is 26.3 Å². The van der Waals surface area contributed by atoms with Crippen molar-refractivity contribution in [3.8, 4) is 11.3 Å². The lowest BCUT2D eigenvalue weighted by atomic mass is 10.1. The SMILES string of the molecule is Cc1ccc(-c2cnc([C@@H]3COCCN3CC3CC3)[nH]2)cc1. The molecule has 1 aromatic heterocycles. The fraction of sp³-hybridized carbons (Fsp3) is 0.500. The van der Waals surface area contributed by atoms with Crippen molar-refractivity contribution in [3.63, 3.8) is 0 Å². The molecule has 1 aliphatic heterocycles. The maximum Gasteiger partial charge on any atom is 0.126 e. The van der Waals surface area contributed by atoms with Crippen LogP contribution in [0.25, 0.3) is 11.3 Å². The minimum absolute atomic E-state index is 0.272. The van der Waals surface area contributed by atoms with Crippen molar-refractivity contribution >= 4 is 0 Å². The van der Waals surface area contributed by atoms with Gasteiger partial charge in [-0.3, -0.25) is 4.90 Å². The topological polar surface area (TPSA) is 41.1 Å². The number of aromatic nitrogens is 2. The zero-order chi connectivity index (χ0) is 14.9. The lowest BCUT2D eigenvalue weighted by Gasteiger charge is -2.34. The molecule has 1 atom stereocenters. The maximum atomic E-state index is 5.70. The van der Waals surface area contributed by atoms with Gasteiger partial charge in [-0.2, -0.15) is 0 Å². The van der Waals surface area contributed by atoms with E-state index in [4.69, 9.17) is 4.74 Å². The summed E-state index contributed by atoms with van der Waals surface area (Å²) in [4.78, 5) is 10.7. The molecule has 1 N–H and O–H groups in total. The average molecular weight is 297 g/mol. The Morgan fingerprint density at radius 2 is 2.09 bits per heavy atom. The van der Waals surface area contributed by atoms with Crippen LogP contribution in [0.1, 0.15) is 30.3 Å². The number of nitrogens with one attached hydrogen (secondary N) is 1. The standard InChI is InChI=1S/C18H23N3O/c1-13-2-6-15(7-3-13)16-10-19-18(20-16)17-12-22-9-8-21(17)11-14-4-5-14/h2-3,6-7,10,14,17H,4-5,8-9,11-12H2,1H3,(H,19,20)/t17-/m0/s1. The number of morpholine rings is 1. The van der Waals surface area contributed by atoms with E-state index in [2.05, 4.69) is 46.1 Å². The molecule has 2 aliphatic rings. The van der Waals surface area contributed by atoms with E-state index >= 15 is 0 Å². The molecular formula is C18H23N3O. The first-order valence-electron chi connectivity index (χ1n) is 8.23. The molecule has 0 radical (unpaired) electrons. The molecule has 22 heavy (non-hydrogen) atoms. The molecule has 4 rings (SSSR count). The Morgan fingerprint density at radius 3 is 2.86 bits per heavy atom. The van der Waals surface area contributed by atoms with Crippen molar-refractivity contribution in [2.45, 2.75) is 25.8 Å². The second kappa shape index (κ2) is 5.86. The molecule has 1 saturated heterocycles. The summed E-state index contributed by atoms with van der Waals surface area (Å²) in [5.41, 5.74) is 3.56.